The van der Waals surface area contributed by atoms with Crippen molar-refractivity contribution in [1.82, 2.24) is 15.2 Å². The van der Waals surface area contributed by atoms with Gasteiger partial charge in [-0.25, -0.2) is 0 Å². The molecular formula is C18H25N5S. The molecule has 0 aromatic heterocycles. The van der Waals surface area contributed by atoms with Crippen molar-refractivity contribution in [3.63, 3.8) is 0 Å². The first-order valence-electron chi connectivity index (χ1n) is 8.83. The van der Waals surface area contributed by atoms with Crippen molar-refractivity contribution in [2.75, 3.05) is 44.6 Å². The summed E-state index contributed by atoms with van der Waals surface area (Å²) in [4.78, 5) is 5.25. The Kier molecular flexibility index (Phi) is 4.28. The van der Waals surface area contributed by atoms with Crippen LogP contribution in [0.4, 0.5) is 5.69 Å². The van der Waals surface area contributed by atoms with Crippen LogP contribution in [0.3, 0.4) is 0 Å². The van der Waals surface area contributed by atoms with Crippen LogP contribution in [-0.2, 0) is 0 Å². The minimum Gasteiger partial charge on any atom is -0.331 e. The van der Waals surface area contributed by atoms with E-state index in [0.29, 0.717) is 11.0 Å². The van der Waals surface area contributed by atoms with Gasteiger partial charge in [-0.1, -0.05) is 25.1 Å². The summed E-state index contributed by atoms with van der Waals surface area (Å²) in [6.07, 6.45) is 1.13. The Morgan fingerprint density at radius 1 is 1.21 bits per heavy atom. The Morgan fingerprint density at radius 2 is 1.88 bits per heavy atom. The summed E-state index contributed by atoms with van der Waals surface area (Å²) >= 11 is 5.42. The van der Waals surface area contributed by atoms with Gasteiger partial charge in [0.25, 0.3) is 0 Å². The number of nitrogens with zero attached hydrogens (tertiary/aromatic N) is 3. The molecule has 4 fully saturated rings. The Morgan fingerprint density at radius 3 is 2.50 bits per heavy atom. The second kappa shape index (κ2) is 6.43. The standard InChI is InChI=1S/C18H25N5S/c1-2-18-12-22-8-9-23(13-18)11-14(10-22)16(18)20-21-17(24)19-15-6-4-3-5-7-15/h3-7,14H,2,8-13H2,1H3,(H2,19,21,24). The van der Waals surface area contributed by atoms with Crippen LogP contribution in [0.5, 0.6) is 0 Å². The quantitative estimate of drug-likeness (QED) is 0.649. The van der Waals surface area contributed by atoms with E-state index in [4.69, 9.17) is 17.3 Å². The molecular weight excluding hydrogens is 318 g/mol. The second-order valence-corrected chi connectivity index (χ2v) is 7.64. The molecule has 4 saturated heterocycles. The lowest BCUT2D eigenvalue weighted by molar-refractivity contribution is 0.114. The van der Waals surface area contributed by atoms with Gasteiger partial charge >= 0.3 is 0 Å². The van der Waals surface area contributed by atoms with Crippen molar-refractivity contribution >= 4 is 28.7 Å². The van der Waals surface area contributed by atoms with Crippen molar-refractivity contribution in [2.24, 2.45) is 16.4 Å². The average molecular weight is 344 g/mol. The maximum atomic E-state index is 5.42. The summed E-state index contributed by atoms with van der Waals surface area (Å²) in [6, 6.07) is 9.99. The predicted molar refractivity (Wildman–Crippen MR) is 102 cm³/mol. The number of hydrazone groups is 1. The number of thiocarbonyl (C=S) groups is 1. The van der Waals surface area contributed by atoms with Crippen LogP contribution in [-0.4, -0.2) is 59.9 Å². The molecule has 0 spiro atoms. The third kappa shape index (κ3) is 2.94. The first-order valence-corrected chi connectivity index (χ1v) is 9.24. The number of rotatable bonds is 3. The highest BCUT2D eigenvalue weighted by molar-refractivity contribution is 7.80. The molecule has 5 rings (SSSR count). The van der Waals surface area contributed by atoms with E-state index in [9.17, 15) is 0 Å². The number of piperidine rings is 2. The van der Waals surface area contributed by atoms with Crippen LogP contribution in [0.25, 0.3) is 0 Å². The van der Waals surface area contributed by atoms with Crippen molar-refractivity contribution in [1.29, 1.82) is 0 Å². The average Bonchev–Trinajstić information content (AvgIpc) is 2.83. The number of hydrogen-bond acceptors (Lipinski definition) is 4. The Hall–Kier alpha value is -1.50. The Labute approximate surface area is 149 Å². The van der Waals surface area contributed by atoms with Gasteiger partial charge in [-0.05, 0) is 30.8 Å². The molecule has 4 aliphatic heterocycles. The van der Waals surface area contributed by atoms with Gasteiger partial charge < -0.3 is 15.1 Å². The lowest BCUT2D eigenvalue weighted by atomic mass is 9.69. The van der Waals surface area contributed by atoms with E-state index in [1.165, 1.54) is 18.8 Å². The number of anilines is 1. The van der Waals surface area contributed by atoms with Crippen molar-refractivity contribution < 1.29 is 0 Å². The van der Waals surface area contributed by atoms with Gasteiger partial charge in [-0.3, -0.25) is 5.43 Å². The summed E-state index contributed by atoms with van der Waals surface area (Å²) in [5, 5.41) is 8.58. The molecule has 2 atom stereocenters. The van der Waals surface area contributed by atoms with Gasteiger partial charge in [0, 0.05) is 56.3 Å². The molecule has 1 aromatic carbocycles. The Balaban J connectivity index is 1.50. The van der Waals surface area contributed by atoms with Crippen LogP contribution in [0.2, 0.25) is 0 Å². The first-order chi connectivity index (χ1) is 11.7. The molecule has 128 valence electrons. The van der Waals surface area contributed by atoms with Gasteiger partial charge in [-0.15, -0.1) is 0 Å². The first kappa shape index (κ1) is 16.0. The number of para-hydroxylation sites is 1. The van der Waals surface area contributed by atoms with Gasteiger partial charge in [0.2, 0.25) is 0 Å². The molecule has 4 aliphatic rings. The normalized spacial score (nSPS) is 35.7. The SMILES string of the molecule is CCC12CN3CCN(CC(C3)C1=NNC(=S)Nc1ccccc1)C2. The van der Waals surface area contributed by atoms with Crippen molar-refractivity contribution in [3.05, 3.63) is 30.3 Å². The third-order valence-electron chi connectivity index (χ3n) is 5.66. The highest BCUT2D eigenvalue weighted by Crippen LogP contribution is 2.40. The maximum absolute atomic E-state index is 5.42. The molecule has 6 heteroatoms. The third-order valence-corrected chi connectivity index (χ3v) is 5.85. The fourth-order valence-electron chi connectivity index (χ4n) is 4.51. The molecule has 2 N–H and O–H groups in total. The largest absolute Gasteiger partial charge is 0.331 e. The summed E-state index contributed by atoms with van der Waals surface area (Å²) in [6.45, 7) is 9.24. The zero-order chi connectivity index (χ0) is 16.6. The van der Waals surface area contributed by atoms with Gasteiger partial charge in [0.15, 0.2) is 5.11 Å². The highest BCUT2D eigenvalue weighted by atomic mass is 32.1. The summed E-state index contributed by atoms with van der Waals surface area (Å²) in [5.41, 5.74) is 5.61. The topological polar surface area (TPSA) is 42.9 Å². The van der Waals surface area contributed by atoms with Crippen molar-refractivity contribution in [2.45, 2.75) is 13.3 Å². The monoisotopic (exact) mass is 343 g/mol. The molecule has 1 aromatic rings. The molecule has 5 nitrogen and oxygen atoms in total. The molecule has 0 amide bonds. The highest BCUT2D eigenvalue weighted by Gasteiger charge is 2.51. The molecule has 0 aliphatic carbocycles. The molecule has 4 heterocycles. The van der Waals surface area contributed by atoms with Crippen LogP contribution in [0, 0.1) is 11.3 Å². The van der Waals surface area contributed by atoms with E-state index in [0.717, 1.165) is 38.3 Å². The van der Waals surface area contributed by atoms with E-state index in [2.05, 4.69) is 27.5 Å². The van der Waals surface area contributed by atoms with Crippen LogP contribution < -0.4 is 10.7 Å². The van der Waals surface area contributed by atoms with E-state index in [1.807, 2.05) is 30.3 Å². The Bertz CT molecular complexity index is 628. The second-order valence-electron chi connectivity index (χ2n) is 7.23. The summed E-state index contributed by atoms with van der Waals surface area (Å²) in [5.74, 6) is 0.530. The molecule has 24 heavy (non-hydrogen) atoms. The smallest absolute Gasteiger partial charge is 0.191 e. The predicted octanol–water partition coefficient (Wildman–Crippen LogP) is 1.99. The number of benzene rings is 1. The van der Waals surface area contributed by atoms with E-state index >= 15 is 0 Å². The maximum Gasteiger partial charge on any atom is 0.191 e. The number of hydrogen-bond donors (Lipinski definition) is 2. The fourth-order valence-corrected chi connectivity index (χ4v) is 4.68. The van der Waals surface area contributed by atoms with Gasteiger partial charge in [0.1, 0.15) is 0 Å². The van der Waals surface area contributed by atoms with Crippen molar-refractivity contribution in [3.8, 4) is 0 Å². The summed E-state index contributed by atoms with van der Waals surface area (Å²) < 4.78 is 0. The molecule has 0 radical (unpaired) electrons. The molecule has 2 unspecified atom stereocenters. The van der Waals surface area contributed by atoms with E-state index < -0.39 is 0 Å². The lowest BCUT2D eigenvalue weighted by Gasteiger charge is -2.50. The van der Waals surface area contributed by atoms with Crippen LogP contribution >= 0.6 is 12.2 Å². The van der Waals surface area contributed by atoms with Gasteiger partial charge in [0.05, 0.1) is 5.71 Å². The van der Waals surface area contributed by atoms with E-state index in [1.54, 1.807) is 0 Å². The minimum atomic E-state index is 0.188. The van der Waals surface area contributed by atoms with E-state index in [-0.39, 0.29) is 5.41 Å². The molecule has 0 saturated carbocycles. The molecule has 4 bridgehead atoms. The number of nitrogens with one attached hydrogen (secondary N) is 2. The van der Waals surface area contributed by atoms with Gasteiger partial charge in [-0.2, -0.15) is 5.10 Å². The minimum absolute atomic E-state index is 0.188. The lowest BCUT2D eigenvalue weighted by Crippen LogP contribution is -2.61. The zero-order valence-corrected chi connectivity index (χ0v) is 15.0. The van der Waals surface area contributed by atoms with Crippen LogP contribution in [0.1, 0.15) is 13.3 Å². The summed E-state index contributed by atoms with van der Waals surface area (Å²) in [7, 11) is 0. The van der Waals surface area contributed by atoms with Crippen LogP contribution in [0.15, 0.2) is 35.4 Å². The zero-order valence-electron chi connectivity index (χ0n) is 14.2. The number of fused-ring (bicyclic) bond motifs is 1. The fraction of sp³-hybridized carbons (Fsp3) is 0.556.